The number of H-pyrrole nitrogens is 1. The van der Waals surface area contributed by atoms with E-state index >= 15 is 0 Å². The van der Waals surface area contributed by atoms with Crippen LogP contribution < -0.4 is 15.8 Å². The van der Waals surface area contributed by atoms with Crippen molar-refractivity contribution in [2.75, 3.05) is 16.8 Å². The van der Waals surface area contributed by atoms with Crippen LogP contribution in [-0.4, -0.2) is 34.6 Å². The molecule has 1 aliphatic rings. The molecule has 150 valence electrons. The van der Waals surface area contributed by atoms with Crippen LogP contribution >= 0.6 is 0 Å². The predicted octanol–water partition coefficient (Wildman–Crippen LogP) is 3.62. The van der Waals surface area contributed by atoms with Crippen LogP contribution in [0.3, 0.4) is 0 Å². The Kier molecular flexibility index (Phi) is 5.44. The number of pyridine rings is 2. The van der Waals surface area contributed by atoms with Gasteiger partial charge in [0.15, 0.2) is 0 Å². The van der Waals surface area contributed by atoms with Gasteiger partial charge in [-0.15, -0.1) is 0 Å². The number of hydrogen-bond acceptors (Lipinski definition) is 4. The first-order valence-corrected chi connectivity index (χ1v) is 8.97. The van der Waals surface area contributed by atoms with E-state index in [0.29, 0.717) is 29.8 Å². The minimum absolute atomic E-state index is 0.00325. The van der Waals surface area contributed by atoms with Crippen molar-refractivity contribution >= 4 is 17.5 Å². The molecule has 1 saturated heterocycles. The number of aromatic amines is 1. The molecule has 0 aromatic carbocycles. The van der Waals surface area contributed by atoms with Crippen molar-refractivity contribution in [3.05, 3.63) is 40.3 Å². The maximum Gasteiger partial charge on any atom is 0.408 e. The van der Waals surface area contributed by atoms with E-state index in [0.717, 1.165) is 5.56 Å². The SMILES string of the molecule is CC(=O)Nc1cc(-c2cc(N3CCCC[C@@H]3C(F)(F)F)[nH]c(=O)c2)c(C)cn1. The van der Waals surface area contributed by atoms with Gasteiger partial charge in [0.1, 0.15) is 17.7 Å². The highest BCUT2D eigenvalue weighted by atomic mass is 19.4. The van der Waals surface area contributed by atoms with Crippen molar-refractivity contribution in [2.45, 2.75) is 45.3 Å². The van der Waals surface area contributed by atoms with Gasteiger partial charge in [0, 0.05) is 25.7 Å². The maximum absolute atomic E-state index is 13.5. The van der Waals surface area contributed by atoms with Gasteiger partial charge in [0.25, 0.3) is 0 Å². The molecule has 0 bridgehead atoms. The Morgan fingerprint density at radius 3 is 2.71 bits per heavy atom. The van der Waals surface area contributed by atoms with Crippen molar-refractivity contribution < 1.29 is 18.0 Å². The van der Waals surface area contributed by atoms with Crippen molar-refractivity contribution in [2.24, 2.45) is 0 Å². The van der Waals surface area contributed by atoms with Gasteiger partial charge < -0.3 is 15.2 Å². The average molecular weight is 394 g/mol. The second-order valence-electron chi connectivity index (χ2n) is 6.93. The molecule has 0 unspecified atom stereocenters. The average Bonchev–Trinajstić information content (AvgIpc) is 2.61. The largest absolute Gasteiger partial charge is 0.408 e. The first-order chi connectivity index (χ1) is 13.1. The topological polar surface area (TPSA) is 78.1 Å². The lowest BCUT2D eigenvalue weighted by Crippen LogP contribution is -2.49. The van der Waals surface area contributed by atoms with Crippen LogP contribution in [0.2, 0.25) is 0 Å². The first kappa shape index (κ1) is 19.9. The molecule has 0 radical (unpaired) electrons. The first-order valence-electron chi connectivity index (χ1n) is 8.97. The Balaban J connectivity index is 2.05. The molecule has 2 aromatic rings. The number of anilines is 2. The molecule has 3 heterocycles. The Morgan fingerprint density at radius 2 is 2.04 bits per heavy atom. The molecule has 9 heteroatoms. The van der Waals surface area contributed by atoms with E-state index in [9.17, 15) is 22.8 Å². The van der Waals surface area contributed by atoms with Crippen LogP contribution in [0, 0.1) is 6.92 Å². The summed E-state index contributed by atoms with van der Waals surface area (Å²) < 4.78 is 40.4. The van der Waals surface area contributed by atoms with Gasteiger partial charge in [-0.05, 0) is 55.0 Å². The number of piperidine rings is 1. The zero-order chi connectivity index (χ0) is 20.5. The number of nitrogens with one attached hydrogen (secondary N) is 2. The van der Waals surface area contributed by atoms with Crippen LogP contribution in [0.1, 0.15) is 31.7 Å². The van der Waals surface area contributed by atoms with E-state index in [1.54, 1.807) is 25.3 Å². The summed E-state index contributed by atoms with van der Waals surface area (Å²) in [5, 5.41) is 2.57. The van der Waals surface area contributed by atoms with Gasteiger partial charge in [-0.3, -0.25) is 9.59 Å². The summed E-state index contributed by atoms with van der Waals surface area (Å²) in [6, 6.07) is 2.86. The standard InChI is InChI=1S/C19H21F3N4O2/c1-11-10-23-16(24-12(2)27)9-14(11)13-7-17(25-18(28)8-13)26-6-4-3-5-15(26)19(20,21)22/h7-10,15H,3-6H2,1-2H3,(H,25,28)(H,23,24,27)/t15-/m1/s1. The van der Waals surface area contributed by atoms with E-state index in [-0.39, 0.29) is 24.7 Å². The number of nitrogens with zero attached hydrogens (tertiary/aromatic N) is 2. The third-order valence-corrected chi connectivity index (χ3v) is 4.74. The zero-order valence-electron chi connectivity index (χ0n) is 15.6. The summed E-state index contributed by atoms with van der Waals surface area (Å²) in [5.74, 6) is 0.151. The summed E-state index contributed by atoms with van der Waals surface area (Å²) >= 11 is 0. The van der Waals surface area contributed by atoms with Crippen LogP contribution in [0.4, 0.5) is 24.8 Å². The van der Waals surface area contributed by atoms with E-state index in [1.165, 1.54) is 17.9 Å². The fourth-order valence-corrected chi connectivity index (χ4v) is 3.48. The zero-order valence-corrected chi connectivity index (χ0v) is 15.6. The molecule has 0 saturated carbocycles. The number of alkyl halides is 3. The molecule has 3 rings (SSSR count). The van der Waals surface area contributed by atoms with Crippen molar-refractivity contribution in [1.82, 2.24) is 9.97 Å². The molecule has 0 aliphatic carbocycles. The number of aryl methyl sites for hydroxylation is 1. The number of rotatable bonds is 3. The molecule has 1 atom stereocenters. The van der Waals surface area contributed by atoms with Gasteiger partial charge in [-0.25, -0.2) is 4.98 Å². The normalized spacial score (nSPS) is 17.5. The third kappa shape index (κ3) is 4.35. The van der Waals surface area contributed by atoms with Gasteiger partial charge in [0.05, 0.1) is 0 Å². The van der Waals surface area contributed by atoms with E-state index < -0.39 is 17.8 Å². The van der Waals surface area contributed by atoms with Crippen LogP contribution in [0.25, 0.3) is 11.1 Å². The van der Waals surface area contributed by atoms with Crippen molar-refractivity contribution in [3.8, 4) is 11.1 Å². The quantitative estimate of drug-likeness (QED) is 0.834. The molecule has 0 spiro atoms. The molecule has 1 aliphatic heterocycles. The van der Waals surface area contributed by atoms with Gasteiger partial charge in [-0.1, -0.05) is 0 Å². The fourth-order valence-electron chi connectivity index (χ4n) is 3.48. The van der Waals surface area contributed by atoms with Crippen LogP contribution in [-0.2, 0) is 4.79 Å². The molecular formula is C19H21F3N4O2. The predicted molar refractivity (Wildman–Crippen MR) is 100 cm³/mol. The second kappa shape index (κ2) is 7.65. The Bertz CT molecular complexity index is 940. The Hall–Kier alpha value is -2.84. The van der Waals surface area contributed by atoms with E-state index in [4.69, 9.17) is 0 Å². The van der Waals surface area contributed by atoms with Crippen molar-refractivity contribution in [3.63, 3.8) is 0 Å². The summed E-state index contributed by atoms with van der Waals surface area (Å²) in [6.07, 6.45) is -1.72. The number of hydrogen-bond donors (Lipinski definition) is 2. The van der Waals surface area contributed by atoms with Gasteiger partial charge in [0.2, 0.25) is 11.5 Å². The smallest absolute Gasteiger partial charge is 0.346 e. The molecule has 2 aromatic heterocycles. The van der Waals surface area contributed by atoms with Crippen molar-refractivity contribution in [1.29, 1.82) is 0 Å². The Labute approximate surface area is 159 Å². The minimum atomic E-state index is -4.38. The molecule has 1 fully saturated rings. The van der Waals surface area contributed by atoms with E-state index in [2.05, 4.69) is 15.3 Å². The highest BCUT2D eigenvalue weighted by molar-refractivity contribution is 5.88. The monoisotopic (exact) mass is 394 g/mol. The van der Waals surface area contributed by atoms with E-state index in [1.807, 2.05) is 0 Å². The van der Waals surface area contributed by atoms with Crippen LogP contribution in [0.5, 0.6) is 0 Å². The summed E-state index contributed by atoms with van der Waals surface area (Å²) in [5.41, 5.74) is 1.33. The summed E-state index contributed by atoms with van der Waals surface area (Å²) in [6.45, 7) is 3.34. The summed E-state index contributed by atoms with van der Waals surface area (Å²) in [4.78, 5) is 31.3. The summed E-state index contributed by atoms with van der Waals surface area (Å²) in [7, 11) is 0. The second-order valence-corrected chi connectivity index (χ2v) is 6.93. The lowest BCUT2D eigenvalue weighted by molar-refractivity contribution is -0.152. The number of halogens is 3. The minimum Gasteiger partial charge on any atom is -0.346 e. The number of carbonyl (C=O) groups excluding carboxylic acids is 1. The fraction of sp³-hybridized carbons (Fsp3) is 0.421. The number of aromatic nitrogens is 2. The lowest BCUT2D eigenvalue weighted by atomic mass is 10.00. The molecule has 1 amide bonds. The lowest BCUT2D eigenvalue weighted by Gasteiger charge is -2.38. The highest BCUT2D eigenvalue weighted by Crippen LogP contribution is 2.35. The van der Waals surface area contributed by atoms with Gasteiger partial charge in [-0.2, -0.15) is 13.2 Å². The number of amides is 1. The third-order valence-electron chi connectivity index (χ3n) is 4.74. The van der Waals surface area contributed by atoms with Gasteiger partial charge >= 0.3 is 6.18 Å². The maximum atomic E-state index is 13.5. The molecule has 2 N–H and O–H groups in total. The highest BCUT2D eigenvalue weighted by Gasteiger charge is 2.45. The molecule has 6 nitrogen and oxygen atoms in total. The Morgan fingerprint density at radius 1 is 1.29 bits per heavy atom. The van der Waals surface area contributed by atoms with Crippen LogP contribution in [0.15, 0.2) is 29.2 Å². The molecular weight excluding hydrogens is 373 g/mol. The number of carbonyl (C=O) groups is 1. The molecule has 28 heavy (non-hydrogen) atoms.